The van der Waals surface area contributed by atoms with E-state index in [1.807, 2.05) is 25.1 Å². The minimum Gasteiger partial charge on any atom is -0.384 e. The Morgan fingerprint density at radius 3 is 2.55 bits per heavy atom. The number of benzene rings is 1. The Bertz CT molecular complexity index is 632. The van der Waals surface area contributed by atoms with Crippen molar-refractivity contribution in [3.8, 4) is 0 Å². The number of rotatable bonds is 2. The van der Waals surface area contributed by atoms with Crippen molar-refractivity contribution in [2.45, 2.75) is 33.1 Å². The highest BCUT2D eigenvalue weighted by atomic mass is 79.9. The van der Waals surface area contributed by atoms with Gasteiger partial charge in [0.2, 0.25) is 0 Å². The van der Waals surface area contributed by atoms with Crippen molar-refractivity contribution in [3.63, 3.8) is 0 Å². The minimum atomic E-state index is -0.141. The molecule has 20 heavy (non-hydrogen) atoms. The molecule has 0 radical (unpaired) electrons. The summed E-state index contributed by atoms with van der Waals surface area (Å²) in [4.78, 5) is 8.86. The lowest BCUT2D eigenvalue weighted by Gasteiger charge is -2.18. The van der Waals surface area contributed by atoms with E-state index in [0.29, 0.717) is 11.6 Å². The topological polar surface area (TPSA) is 63.8 Å². The molecule has 0 amide bonds. The average Bonchev–Trinajstić information content (AvgIpc) is 2.33. The fourth-order valence-corrected chi connectivity index (χ4v) is 2.11. The lowest BCUT2D eigenvalue weighted by Crippen LogP contribution is -2.17. The first-order valence-corrected chi connectivity index (χ1v) is 7.24. The number of nitrogen functional groups attached to an aromatic ring is 1. The standard InChI is InChI=1S/C15H19BrN4/c1-9-10(16)6-5-7-11(9)18-13-8-12(17)19-14(20-13)15(2,3)4/h5-8H,1-4H3,(H3,17,18,19,20). The maximum Gasteiger partial charge on any atom is 0.138 e. The normalized spacial score (nSPS) is 11.4. The molecule has 0 unspecified atom stereocenters. The van der Waals surface area contributed by atoms with Crippen LogP contribution in [0.15, 0.2) is 28.7 Å². The lowest BCUT2D eigenvalue weighted by atomic mass is 9.96. The van der Waals surface area contributed by atoms with Crippen LogP contribution in [-0.2, 0) is 5.41 Å². The van der Waals surface area contributed by atoms with E-state index in [2.05, 4.69) is 52.0 Å². The summed E-state index contributed by atoms with van der Waals surface area (Å²) in [5.74, 6) is 1.91. The zero-order valence-electron chi connectivity index (χ0n) is 12.2. The van der Waals surface area contributed by atoms with Crippen molar-refractivity contribution in [3.05, 3.63) is 40.1 Å². The Morgan fingerprint density at radius 2 is 1.90 bits per heavy atom. The summed E-state index contributed by atoms with van der Waals surface area (Å²) >= 11 is 3.52. The minimum absolute atomic E-state index is 0.141. The van der Waals surface area contributed by atoms with Crippen molar-refractivity contribution in [2.24, 2.45) is 0 Å². The van der Waals surface area contributed by atoms with Crippen LogP contribution < -0.4 is 11.1 Å². The summed E-state index contributed by atoms with van der Waals surface area (Å²) in [6.45, 7) is 8.24. The molecule has 1 aromatic carbocycles. The predicted molar refractivity (Wildman–Crippen MR) is 87.3 cm³/mol. The number of hydrogen-bond acceptors (Lipinski definition) is 4. The molecule has 5 heteroatoms. The number of nitrogens with two attached hydrogens (primary N) is 1. The molecule has 0 fully saturated rings. The molecule has 3 N–H and O–H groups in total. The molecule has 0 spiro atoms. The Labute approximate surface area is 128 Å². The van der Waals surface area contributed by atoms with Crippen LogP contribution >= 0.6 is 15.9 Å². The van der Waals surface area contributed by atoms with E-state index in [1.54, 1.807) is 6.07 Å². The van der Waals surface area contributed by atoms with Crippen LogP contribution in [0.4, 0.5) is 17.3 Å². The van der Waals surface area contributed by atoms with Crippen LogP contribution in [0.2, 0.25) is 0 Å². The average molecular weight is 335 g/mol. The number of anilines is 3. The summed E-state index contributed by atoms with van der Waals surface area (Å²) in [6, 6.07) is 7.74. The second-order valence-corrected chi connectivity index (χ2v) is 6.64. The van der Waals surface area contributed by atoms with Crippen molar-refractivity contribution in [2.75, 3.05) is 11.1 Å². The number of aromatic nitrogens is 2. The smallest absolute Gasteiger partial charge is 0.138 e. The summed E-state index contributed by atoms with van der Waals surface area (Å²) in [7, 11) is 0. The first-order valence-electron chi connectivity index (χ1n) is 6.44. The molecule has 0 aliphatic carbocycles. The first-order chi connectivity index (χ1) is 9.27. The van der Waals surface area contributed by atoms with Crippen LogP contribution in [-0.4, -0.2) is 9.97 Å². The second kappa shape index (κ2) is 5.40. The predicted octanol–water partition coefficient (Wildman–Crippen LogP) is 4.17. The van der Waals surface area contributed by atoms with Crippen molar-refractivity contribution < 1.29 is 0 Å². The van der Waals surface area contributed by atoms with Gasteiger partial charge in [0.15, 0.2) is 0 Å². The van der Waals surface area contributed by atoms with Gasteiger partial charge in [0.05, 0.1) is 0 Å². The van der Waals surface area contributed by atoms with E-state index < -0.39 is 0 Å². The molecular weight excluding hydrogens is 316 g/mol. The number of nitrogens with zero attached hydrogens (tertiary/aromatic N) is 2. The quantitative estimate of drug-likeness (QED) is 0.864. The van der Waals surface area contributed by atoms with Gasteiger partial charge in [-0.2, -0.15) is 0 Å². The van der Waals surface area contributed by atoms with Gasteiger partial charge in [-0.25, -0.2) is 9.97 Å². The highest BCUT2D eigenvalue weighted by Crippen LogP contribution is 2.27. The highest BCUT2D eigenvalue weighted by molar-refractivity contribution is 9.10. The molecule has 0 saturated carbocycles. The highest BCUT2D eigenvalue weighted by Gasteiger charge is 2.18. The van der Waals surface area contributed by atoms with Crippen LogP contribution in [0.1, 0.15) is 32.2 Å². The molecule has 0 bridgehead atoms. The van der Waals surface area contributed by atoms with Gasteiger partial charge in [-0.05, 0) is 24.6 Å². The maximum atomic E-state index is 5.88. The number of hydrogen-bond donors (Lipinski definition) is 2. The first kappa shape index (κ1) is 14.8. The van der Waals surface area contributed by atoms with Gasteiger partial charge in [-0.3, -0.25) is 0 Å². The third-order valence-corrected chi connectivity index (χ3v) is 3.81. The summed E-state index contributed by atoms with van der Waals surface area (Å²) in [5.41, 5.74) is 7.86. The van der Waals surface area contributed by atoms with Gasteiger partial charge in [0.25, 0.3) is 0 Å². The third-order valence-electron chi connectivity index (χ3n) is 2.95. The third kappa shape index (κ3) is 3.28. The molecule has 1 aromatic heterocycles. The van der Waals surface area contributed by atoms with Gasteiger partial charge in [0.1, 0.15) is 17.5 Å². The van der Waals surface area contributed by atoms with Crippen LogP contribution in [0.3, 0.4) is 0 Å². The molecule has 2 rings (SSSR count). The Kier molecular flexibility index (Phi) is 3.99. The van der Waals surface area contributed by atoms with E-state index >= 15 is 0 Å². The molecule has 106 valence electrons. The fraction of sp³-hybridized carbons (Fsp3) is 0.333. The zero-order valence-corrected chi connectivity index (χ0v) is 13.7. The second-order valence-electron chi connectivity index (χ2n) is 5.79. The van der Waals surface area contributed by atoms with Gasteiger partial charge in [0, 0.05) is 21.6 Å². The van der Waals surface area contributed by atoms with E-state index in [4.69, 9.17) is 5.73 Å². The van der Waals surface area contributed by atoms with Crippen LogP contribution in [0, 0.1) is 6.92 Å². The van der Waals surface area contributed by atoms with E-state index in [9.17, 15) is 0 Å². The SMILES string of the molecule is Cc1c(Br)cccc1Nc1cc(N)nc(C(C)(C)C)n1. The molecular formula is C15H19BrN4. The summed E-state index contributed by atoms with van der Waals surface area (Å²) in [5, 5.41) is 3.31. The molecule has 0 aliphatic heterocycles. The van der Waals surface area contributed by atoms with Crippen LogP contribution in [0.5, 0.6) is 0 Å². The molecule has 0 atom stereocenters. The van der Waals surface area contributed by atoms with Gasteiger partial charge in [-0.1, -0.05) is 42.8 Å². The van der Waals surface area contributed by atoms with Crippen molar-refractivity contribution >= 4 is 33.3 Å². The largest absolute Gasteiger partial charge is 0.384 e. The van der Waals surface area contributed by atoms with E-state index in [-0.39, 0.29) is 5.41 Å². The summed E-state index contributed by atoms with van der Waals surface area (Å²) in [6.07, 6.45) is 0. The molecule has 0 saturated heterocycles. The monoisotopic (exact) mass is 334 g/mol. The Balaban J connectivity index is 2.39. The van der Waals surface area contributed by atoms with E-state index in [1.165, 1.54) is 0 Å². The Hall–Kier alpha value is -1.62. The molecule has 1 heterocycles. The molecule has 2 aromatic rings. The fourth-order valence-electron chi connectivity index (χ4n) is 1.75. The number of nitrogens with one attached hydrogen (secondary N) is 1. The molecule has 4 nitrogen and oxygen atoms in total. The maximum absolute atomic E-state index is 5.88. The van der Waals surface area contributed by atoms with Crippen LogP contribution in [0.25, 0.3) is 0 Å². The van der Waals surface area contributed by atoms with E-state index in [0.717, 1.165) is 21.5 Å². The molecule has 0 aliphatic rings. The zero-order chi connectivity index (χ0) is 14.9. The van der Waals surface area contributed by atoms with Gasteiger partial charge in [-0.15, -0.1) is 0 Å². The van der Waals surface area contributed by atoms with Crippen molar-refractivity contribution in [1.82, 2.24) is 9.97 Å². The lowest BCUT2D eigenvalue weighted by molar-refractivity contribution is 0.547. The number of halogens is 1. The Morgan fingerprint density at radius 1 is 1.20 bits per heavy atom. The van der Waals surface area contributed by atoms with Crippen molar-refractivity contribution in [1.29, 1.82) is 0 Å². The summed E-state index contributed by atoms with van der Waals surface area (Å²) < 4.78 is 1.06. The van der Waals surface area contributed by atoms with Gasteiger partial charge >= 0.3 is 0 Å². The van der Waals surface area contributed by atoms with Gasteiger partial charge < -0.3 is 11.1 Å².